The van der Waals surface area contributed by atoms with E-state index in [9.17, 15) is 0 Å². The molecular formula is C6H10N4O. The van der Waals surface area contributed by atoms with Crippen molar-refractivity contribution in [1.82, 2.24) is 9.71 Å². The van der Waals surface area contributed by atoms with Crippen molar-refractivity contribution < 1.29 is 5.21 Å². The largest absolute Gasteiger partial charge is 0.425 e. The first-order chi connectivity index (χ1) is 5.24. The smallest absolute Gasteiger partial charge is 0.255 e. The first-order valence-electron chi connectivity index (χ1n) is 3.30. The SMILES string of the molecule is CCNc1cnc(=N)n(O)c1. The van der Waals surface area contributed by atoms with E-state index in [-0.39, 0.29) is 5.62 Å². The van der Waals surface area contributed by atoms with Crippen molar-refractivity contribution in [1.29, 1.82) is 5.41 Å². The number of rotatable bonds is 2. The normalized spacial score (nSPS) is 9.55. The number of hydrogen-bond donors (Lipinski definition) is 3. The average Bonchev–Trinajstić information content (AvgIpc) is 1.98. The lowest BCUT2D eigenvalue weighted by Crippen LogP contribution is -2.20. The first kappa shape index (κ1) is 7.59. The predicted molar refractivity (Wildman–Crippen MR) is 39.4 cm³/mol. The molecule has 5 heteroatoms. The Morgan fingerprint density at radius 1 is 1.82 bits per heavy atom. The third kappa shape index (κ3) is 1.70. The van der Waals surface area contributed by atoms with Crippen LogP contribution in [0.2, 0.25) is 0 Å². The van der Waals surface area contributed by atoms with E-state index < -0.39 is 0 Å². The zero-order chi connectivity index (χ0) is 8.27. The Morgan fingerprint density at radius 3 is 3.09 bits per heavy atom. The summed E-state index contributed by atoms with van der Waals surface area (Å²) in [6.45, 7) is 2.70. The molecule has 1 heterocycles. The second-order valence-corrected chi connectivity index (χ2v) is 2.04. The van der Waals surface area contributed by atoms with Crippen molar-refractivity contribution in [3.63, 3.8) is 0 Å². The van der Waals surface area contributed by atoms with E-state index in [0.29, 0.717) is 10.4 Å². The number of aromatic nitrogens is 2. The van der Waals surface area contributed by atoms with Crippen molar-refractivity contribution in [2.24, 2.45) is 0 Å². The second-order valence-electron chi connectivity index (χ2n) is 2.04. The molecule has 5 nitrogen and oxygen atoms in total. The van der Waals surface area contributed by atoms with Crippen molar-refractivity contribution >= 4 is 5.69 Å². The summed E-state index contributed by atoms with van der Waals surface area (Å²) >= 11 is 0. The summed E-state index contributed by atoms with van der Waals surface area (Å²) in [6, 6.07) is 0. The van der Waals surface area contributed by atoms with Crippen LogP contribution in [0.3, 0.4) is 0 Å². The lowest BCUT2D eigenvalue weighted by Gasteiger charge is -2.02. The van der Waals surface area contributed by atoms with Crippen LogP contribution in [0.5, 0.6) is 0 Å². The molecule has 0 saturated carbocycles. The van der Waals surface area contributed by atoms with E-state index >= 15 is 0 Å². The van der Waals surface area contributed by atoms with Gasteiger partial charge in [-0.15, -0.1) is 0 Å². The molecule has 1 aromatic rings. The van der Waals surface area contributed by atoms with Crippen LogP contribution in [0.25, 0.3) is 0 Å². The van der Waals surface area contributed by atoms with Gasteiger partial charge < -0.3 is 10.5 Å². The zero-order valence-electron chi connectivity index (χ0n) is 6.20. The number of nitrogens with one attached hydrogen (secondary N) is 2. The van der Waals surface area contributed by atoms with Crippen LogP contribution in [0, 0.1) is 5.41 Å². The van der Waals surface area contributed by atoms with Crippen molar-refractivity contribution in [2.75, 3.05) is 11.9 Å². The van der Waals surface area contributed by atoms with Crippen molar-refractivity contribution in [3.8, 4) is 0 Å². The van der Waals surface area contributed by atoms with E-state index in [1.165, 1.54) is 12.4 Å². The van der Waals surface area contributed by atoms with Crippen LogP contribution < -0.4 is 10.9 Å². The maximum atomic E-state index is 8.95. The number of nitrogens with zero attached hydrogens (tertiary/aromatic N) is 2. The third-order valence-electron chi connectivity index (χ3n) is 1.19. The Bertz CT molecular complexity index is 293. The van der Waals surface area contributed by atoms with Gasteiger partial charge in [0.15, 0.2) is 0 Å². The van der Waals surface area contributed by atoms with Gasteiger partial charge in [-0.2, -0.15) is 4.73 Å². The van der Waals surface area contributed by atoms with Gasteiger partial charge in [0.05, 0.1) is 18.1 Å². The molecule has 11 heavy (non-hydrogen) atoms. The molecule has 0 amide bonds. The molecule has 1 aromatic heterocycles. The quantitative estimate of drug-likeness (QED) is 0.526. The highest BCUT2D eigenvalue weighted by Crippen LogP contribution is 1.97. The molecule has 0 fully saturated rings. The molecular weight excluding hydrogens is 144 g/mol. The Kier molecular flexibility index (Phi) is 2.10. The number of hydrogen-bond acceptors (Lipinski definition) is 4. The van der Waals surface area contributed by atoms with Gasteiger partial charge in [0.1, 0.15) is 0 Å². The van der Waals surface area contributed by atoms with Gasteiger partial charge in [-0.25, -0.2) is 4.98 Å². The summed E-state index contributed by atoms with van der Waals surface area (Å²) in [5.41, 5.74) is 0.526. The molecule has 0 aromatic carbocycles. The van der Waals surface area contributed by atoms with Crippen LogP contribution in [-0.4, -0.2) is 21.5 Å². The van der Waals surface area contributed by atoms with Crippen LogP contribution in [-0.2, 0) is 0 Å². The fourth-order valence-electron chi connectivity index (χ4n) is 0.711. The average molecular weight is 154 g/mol. The summed E-state index contributed by atoms with van der Waals surface area (Å²) in [7, 11) is 0. The summed E-state index contributed by atoms with van der Waals surface area (Å²) in [5.74, 6) is 0. The van der Waals surface area contributed by atoms with Gasteiger partial charge >= 0.3 is 0 Å². The Morgan fingerprint density at radius 2 is 2.55 bits per heavy atom. The molecule has 0 aliphatic heterocycles. The zero-order valence-corrected chi connectivity index (χ0v) is 6.20. The summed E-state index contributed by atoms with van der Waals surface area (Å²) in [6.07, 6.45) is 2.90. The van der Waals surface area contributed by atoms with Gasteiger partial charge in [0.25, 0.3) is 5.62 Å². The van der Waals surface area contributed by atoms with Crippen LogP contribution >= 0.6 is 0 Å². The molecule has 0 unspecified atom stereocenters. The Hall–Kier alpha value is -1.52. The molecule has 1 rings (SSSR count). The summed E-state index contributed by atoms with van der Waals surface area (Å²) < 4.78 is 0.665. The maximum absolute atomic E-state index is 8.95. The van der Waals surface area contributed by atoms with Crippen molar-refractivity contribution in [3.05, 3.63) is 18.0 Å². The second kappa shape index (κ2) is 3.05. The van der Waals surface area contributed by atoms with E-state index in [1.54, 1.807) is 0 Å². The highest BCUT2D eigenvalue weighted by Gasteiger charge is 1.92. The van der Waals surface area contributed by atoms with E-state index in [2.05, 4.69) is 10.3 Å². The summed E-state index contributed by atoms with van der Waals surface area (Å²) in [5, 5.41) is 18.9. The summed E-state index contributed by atoms with van der Waals surface area (Å²) in [4.78, 5) is 3.61. The van der Waals surface area contributed by atoms with Crippen LogP contribution in [0.1, 0.15) is 6.92 Å². The minimum Gasteiger partial charge on any atom is -0.425 e. The van der Waals surface area contributed by atoms with Gasteiger partial charge in [0.2, 0.25) is 0 Å². The minimum atomic E-state index is -0.174. The molecule has 0 radical (unpaired) electrons. The Labute approximate surface area is 63.8 Å². The minimum absolute atomic E-state index is 0.174. The molecule has 0 spiro atoms. The lowest BCUT2D eigenvalue weighted by atomic mass is 10.5. The molecule has 3 N–H and O–H groups in total. The molecule has 0 aliphatic rings. The van der Waals surface area contributed by atoms with E-state index in [1.807, 2.05) is 6.92 Å². The first-order valence-corrected chi connectivity index (χ1v) is 3.30. The van der Waals surface area contributed by atoms with Gasteiger partial charge in [0, 0.05) is 6.54 Å². The predicted octanol–water partition coefficient (Wildman–Crippen LogP) is 0.0317. The molecule has 60 valence electrons. The van der Waals surface area contributed by atoms with E-state index in [0.717, 1.165) is 6.54 Å². The molecule has 0 atom stereocenters. The highest BCUT2D eigenvalue weighted by molar-refractivity contribution is 5.36. The van der Waals surface area contributed by atoms with Crippen LogP contribution in [0.15, 0.2) is 12.4 Å². The van der Waals surface area contributed by atoms with Gasteiger partial charge in [-0.3, -0.25) is 5.41 Å². The molecule has 0 saturated heterocycles. The number of anilines is 1. The lowest BCUT2D eigenvalue weighted by molar-refractivity contribution is 0.165. The monoisotopic (exact) mass is 154 g/mol. The van der Waals surface area contributed by atoms with E-state index in [4.69, 9.17) is 10.6 Å². The topological polar surface area (TPSA) is 73.9 Å². The Balaban J connectivity index is 2.96. The fraction of sp³-hybridized carbons (Fsp3) is 0.333. The highest BCUT2D eigenvalue weighted by atomic mass is 16.5. The van der Waals surface area contributed by atoms with Gasteiger partial charge in [-0.05, 0) is 6.92 Å². The van der Waals surface area contributed by atoms with Crippen molar-refractivity contribution in [2.45, 2.75) is 6.92 Å². The fourth-order valence-corrected chi connectivity index (χ4v) is 0.711. The third-order valence-corrected chi connectivity index (χ3v) is 1.19. The van der Waals surface area contributed by atoms with Crippen LogP contribution in [0.4, 0.5) is 5.69 Å². The molecule has 0 aliphatic carbocycles. The molecule has 0 bridgehead atoms. The standard InChI is InChI=1S/C6H10N4O/c1-2-8-5-3-9-6(7)10(11)4-5/h3-4,7-8,11H,2H2,1H3. The van der Waals surface area contributed by atoms with Gasteiger partial charge in [-0.1, -0.05) is 0 Å². The maximum Gasteiger partial charge on any atom is 0.255 e.